The Morgan fingerprint density at radius 1 is 0.365 bits per heavy atom. The predicted molar refractivity (Wildman–Crippen MR) is 220 cm³/mol. The fourth-order valence-electron chi connectivity index (χ4n) is 7.21. The van der Waals surface area contributed by atoms with Gasteiger partial charge in [0.2, 0.25) is 0 Å². The monoisotopic (exact) mass is 689 g/mol. The molecular formula is C49H31N3. The van der Waals surface area contributed by atoms with Crippen molar-refractivity contribution in [1.82, 2.24) is 13.5 Å². The van der Waals surface area contributed by atoms with E-state index in [-0.39, 0.29) is 32.6 Å². The van der Waals surface area contributed by atoms with Gasteiger partial charge >= 0.3 is 0 Å². The zero-order valence-electron chi connectivity index (χ0n) is 54.3. The van der Waals surface area contributed by atoms with Crippen LogP contribution in [0.15, 0.2) is 169 Å². The molecule has 4 heterocycles. The van der Waals surface area contributed by atoms with Crippen molar-refractivity contribution in [2.24, 2.45) is 0 Å². The lowest BCUT2D eigenvalue weighted by atomic mass is 10.0. The van der Waals surface area contributed by atoms with Gasteiger partial charge in [0.25, 0.3) is 0 Å². The second-order valence-corrected chi connectivity index (χ2v) is 12.0. The van der Waals surface area contributed by atoms with Crippen molar-refractivity contribution in [2.75, 3.05) is 0 Å². The third-order valence-corrected chi connectivity index (χ3v) is 9.28. The van der Waals surface area contributed by atoms with Crippen LogP contribution in [0.5, 0.6) is 0 Å². The first kappa shape index (κ1) is 12.4. The van der Waals surface area contributed by atoms with Gasteiger partial charge in [0.05, 0.1) is 77.0 Å². The molecular weight excluding hydrogens is 631 g/mol. The summed E-state index contributed by atoms with van der Waals surface area (Å²) in [5.41, 5.74) is -6.59. The minimum Gasteiger partial charge on any atom is -0.309 e. The van der Waals surface area contributed by atoms with Crippen LogP contribution in [0, 0.1) is 6.92 Å². The lowest BCUT2D eigenvalue weighted by molar-refractivity contribution is 1.16. The first-order valence-electron chi connectivity index (χ1n) is 29.8. The van der Waals surface area contributed by atoms with Gasteiger partial charge in [-0.25, -0.2) is 0 Å². The van der Waals surface area contributed by atoms with Gasteiger partial charge in [-0.1, -0.05) is 108 Å². The number of rotatable bonds is 3. The van der Waals surface area contributed by atoms with Crippen molar-refractivity contribution in [1.29, 1.82) is 0 Å². The second-order valence-electron chi connectivity index (χ2n) is 12.0. The number of hydrogen-bond donors (Lipinski definition) is 0. The van der Waals surface area contributed by atoms with E-state index >= 15 is 0 Å². The van der Waals surface area contributed by atoms with Gasteiger partial charge in [0.15, 0.2) is 0 Å². The molecule has 3 heteroatoms. The molecule has 0 radical (unpaired) electrons. The van der Waals surface area contributed by atoms with Crippen LogP contribution in [-0.2, 0) is 0 Å². The van der Waals surface area contributed by atoms with Gasteiger partial charge in [-0.05, 0) is 89.9 Å². The number of aromatic nitrogens is 3. The third kappa shape index (κ3) is 3.59. The lowest BCUT2D eigenvalue weighted by Crippen LogP contribution is -1.96. The molecule has 0 amide bonds. The Bertz CT molecular complexity index is 4990. The summed E-state index contributed by atoms with van der Waals surface area (Å²) >= 11 is 0. The summed E-state index contributed by atoms with van der Waals surface area (Å²) in [5.74, 6) is 0. The van der Waals surface area contributed by atoms with Crippen molar-refractivity contribution in [3.63, 3.8) is 0 Å². The molecule has 0 fully saturated rings. The maximum absolute atomic E-state index is 10.2. The van der Waals surface area contributed by atoms with Gasteiger partial charge < -0.3 is 13.5 Å². The number of para-hydroxylation sites is 2. The van der Waals surface area contributed by atoms with Gasteiger partial charge in [-0.2, -0.15) is 0 Å². The molecule has 0 saturated carbocycles. The SMILES string of the molecule is [2H]c1c([2H])c([2H])c(-c2c([2H])c([2H])c(-n3c4c([2H])c([2H])c(C)c([2H])c4c4c([2H])c(-n5c6c([2H])c([2H])c([2H])c7c8c([2H])c([2H])c([2H])c9c%10c([2H])c([2H])c([2H])c([2H])c%10n(c%10c([2H])c([2H])c([2H])c5c%10c76)c89)c([2H])c([2H])c43)c([2H])c2[2H])c([2H])c1[2H]. The zero-order valence-corrected chi connectivity index (χ0v) is 26.3. The molecule has 0 aliphatic carbocycles. The first-order valence-corrected chi connectivity index (χ1v) is 15.8. The van der Waals surface area contributed by atoms with E-state index in [1.54, 1.807) is 0 Å². The lowest BCUT2D eigenvalue weighted by Gasteiger charge is -2.11. The first-order chi connectivity index (χ1) is 37.4. The molecule has 0 N–H and O–H groups in total. The van der Waals surface area contributed by atoms with E-state index in [1.165, 1.54) is 6.92 Å². The van der Waals surface area contributed by atoms with E-state index in [1.807, 2.05) is 0 Å². The Kier molecular flexibility index (Phi) is 2.42. The molecule has 12 aromatic rings. The quantitative estimate of drug-likeness (QED) is 0.175. The fourth-order valence-corrected chi connectivity index (χ4v) is 7.21. The summed E-state index contributed by atoms with van der Waals surface area (Å²) in [5, 5.41) is -3.20. The summed E-state index contributed by atoms with van der Waals surface area (Å²) in [6.07, 6.45) is 0. The van der Waals surface area contributed by atoms with E-state index in [0.717, 1.165) is 13.5 Å². The van der Waals surface area contributed by atoms with Gasteiger partial charge in [-0.3, -0.25) is 0 Å². The third-order valence-electron chi connectivity index (χ3n) is 9.28. The Morgan fingerprint density at radius 2 is 0.923 bits per heavy atom. The molecule has 0 atom stereocenters. The smallest absolute Gasteiger partial charge is 0.0652 e. The topological polar surface area (TPSA) is 14.3 Å². The highest BCUT2D eigenvalue weighted by Gasteiger charge is 2.22. The minimum absolute atomic E-state index is 0.170. The highest BCUT2D eigenvalue weighted by molar-refractivity contribution is 6.31. The molecule has 3 nitrogen and oxygen atoms in total. The molecule has 0 unspecified atom stereocenters. The van der Waals surface area contributed by atoms with Gasteiger partial charge in [-0.15, -0.1) is 0 Å². The number of fused-ring (bicyclic) bond motifs is 8. The molecule has 12 rings (SSSR count). The maximum Gasteiger partial charge on any atom is 0.0652 e. The van der Waals surface area contributed by atoms with E-state index in [0.29, 0.717) is 0 Å². The molecule has 4 aromatic heterocycles. The molecule has 0 saturated heterocycles. The summed E-state index contributed by atoms with van der Waals surface area (Å²) in [6.45, 7) is 1.29. The zero-order chi connectivity index (χ0) is 58.4. The molecule has 0 aliphatic heterocycles. The molecule has 0 aliphatic rings. The number of nitrogens with zero attached hydrogens (tertiary/aromatic N) is 3. The van der Waals surface area contributed by atoms with Crippen LogP contribution in [0.4, 0.5) is 0 Å². The van der Waals surface area contributed by atoms with Crippen molar-refractivity contribution in [3.8, 4) is 22.5 Å². The van der Waals surface area contributed by atoms with Gasteiger partial charge in [0.1, 0.15) is 0 Å². The second kappa shape index (κ2) is 10.1. The maximum atomic E-state index is 10.2. The number of benzene rings is 8. The van der Waals surface area contributed by atoms with Crippen LogP contribution in [0.25, 0.3) is 104 Å². The largest absolute Gasteiger partial charge is 0.309 e. The predicted octanol–water partition coefficient (Wildman–Crippen LogP) is 13.0. The Hall–Kier alpha value is -6.84. The van der Waals surface area contributed by atoms with Crippen molar-refractivity contribution >= 4 is 81.7 Å². The molecule has 0 bridgehead atoms. The van der Waals surface area contributed by atoms with Crippen LogP contribution in [-0.4, -0.2) is 13.5 Å². The van der Waals surface area contributed by atoms with Crippen molar-refractivity contribution < 1.29 is 38.4 Å². The van der Waals surface area contributed by atoms with E-state index in [4.69, 9.17) is 15.1 Å². The average molecular weight is 690 g/mol. The van der Waals surface area contributed by atoms with Crippen LogP contribution in [0.3, 0.4) is 0 Å². The minimum atomic E-state index is -1.00. The Balaban J connectivity index is 1.35. The highest BCUT2D eigenvalue weighted by atomic mass is 15.0. The molecule has 0 spiro atoms. The molecule has 8 aromatic carbocycles. The Labute approximate surface area is 338 Å². The average Bonchev–Trinajstić information content (AvgIpc) is 2.96. The Morgan fingerprint density at radius 3 is 1.77 bits per heavy atom. The van der Waals surface area contributed by atoms with E-state index < -0.39 is 246 Å². The molecule has 52 heavy (non-hydrogen) atoms. The fraction of sp³-hybridized carbons (Fsp3) is 0.0204. The van der Waals surface area contributed by atoms with Crippen LogP contribution >= 0.6 is 0 Å². The van der Waals surface area contributed by atoms with Crippen molar-refractivity contribution in [2.45, 2.75) is 6.92 Å². The normalized spacial score (nSPS) is 19.9. The van der Waals surface area contributed by atoms with Gasteiger partial charge in [0, 0.05) is 49.1 Å². The number of hydrogen-bond acceptors (Lipinski definition) is 0. The summed E-state index contributed by atoms with van der Waals surface area (Å²) < 4.78 is 260. The summed E-state index contributed by atoms with van der Waals surface area (Å²) in [4.78, 5) is 0. The molecule has 242 valence electrons. The van der Waals surface area contributed by atoms with Crippen LogP contribution in [0.2, 0.25) is 0 Å². The van der Waals surface area contributed by atoms with Crippen molar-refractivity contribution in [3.05, 3.63) is 175 Å². The summed E-state index contributed by atoms with van der Waals surface area (Å²) in [6, 6.07) is -23.3. The van der Waals surface area contributed by atoms with Crippen LogP contribution < -0.4 is 0 Å². The van der Waals surface area contributed by atoms with E-state index in [2.05, 4.69) is 0 Å². The highest BCUT2D eigenvalue weighted by Crippen LogP contribution is 2.44. The standard InChI is InChI=1S/C49H31N3/c1-30-20-26-42-39(28-30)40-29-34(25-27-43(40)50(42)33-23-21-32(22-24-33)31-10-3-2-4-11-31)51-44-17-8-13-36-38-15-7-14-37-35-12-5-6-16-41(35)52(49(37)38)46-19-9-18-45(51)48(46)47(36)44/h2-29H,1H3/i2D,3D,4D,5D,6D,7D,8D,9D,10D,11D,12D,13D,14D,15D,16D,17D,18D,19D,20D,21D,22D,23D,24D,25D,26D,27D,28D,29D. The van der Waals surface area contributed by atoms with Crippen LogP contribution in [0.1, 0.15) is 43.9 Å². The summed E-state index contributed by atoms with van der Waals surface area (Å²) in [7, 11) is 0. The van der Waals surface area contributed by atoms with E-state index in [9.17, 15) is 23.3 Å².